The Morgan fingerprint density at radius 1 is 1.44 bits per heavy atom. The van der Waals surface area contributed by atoms with E-state index in [0.717, 1.165) is 19.3 Å². The SMILES string of the molecule is CCn1c(N)c(NC2CCCC2C)c(=O)[nH]c1=O. The number of aromatic amines is 1. The van der Waals surface area contributed by atoms with Gasteiger partial charge in [0, 0.05) is 12.6 Å². The van der Waals surface area contributed by atoms with Crippen LogP contribution in [0.2, 0.25) is 0 Å². The topological polar surface area (TPSA) is 92.9 Å². The van der Waals surface area contributed by atoms with Gasteiger partial charge >= 0.3 is 5.69 Å². The van der Waals surface area contributed by atoms with Gasteiger partial charge in [-0.3, -0.25) is 14.3 Å². The highest BCUT2D eigenvalue weighted by atomic mass is 16.2. The van der Waals surface area contributed by atoms with Gasteiger partial charge in [-0.25, -0.2) is 4.79 Å². The average Bonchev–Trinajstić information content (AvgIpc) is 2.70. The monoisotopic (exact) mass is 252 g/mol. The predicted octanol–water partition coefficient (Wildman–Crippen LogP) is 0.739. The number of H-pyrrole nitrogens is 1. The Hall–Kier alpha value is -1.72. The lowest BCUT2D eigenvalue weighted by Crippen LogP contribution is -2.36. The van der Waals surface area contributed by atoms with E-state index in [1.54, 1.807) is 0 Å². The molecule has 1 aromatic heterocycles. The zero-order valence-electron chi connectivity index (χ0n) is 10.8. The first-order valence-electron chi connectivity index (χ1n) is 6.43. The highest BCUT2D eigenvalue weighted by Gasteiger charge is 2.25. The van der Waals surface area contributed by atoms with Gasteiger partial charge in [0.1, 0.15) is 11.5 Å². The first-order valence-corrected chi connectivity index (χ1v) is 6.43. The van der Waals surface area contributed by atoms with Crippen molar-refractivity contribution >= 4 is 11.5 Å². The minimum absolute atomic E-state index is 0.227. The molecule has 2 unspecified atom stereocenters. The lowest BCUT2D eigenvalue weighted by molar-refractivity contribution is 0.554. The molecule has 1 saturated carbocycles. The van der Waals surface area contributed by atoms with Gasteiger partial charge in [-0.15, -0.1) is 0 Å². The van der Waals surface area contributed by atoms with E-state index >= 15 is 0 Å². The zero-order chi connectivity index (χ0) is 13.3. The minimum Gasteiger partial charge on any atom is -0.383 e. The van der Waals surface area contributed by atoms with Gasteiger partial charge in [0.25, 0.3) is 5.56 Å². The number of hydrogen-bond acceptors (Lipinski definition) is 4. The summed E-state index contributed by atoms with van der Waals surface area (Å²) in [7, 11) is 0. The molecule has 1 heterocycles. The fourth-order valence-electron chi connectivity index (χ4n) is 2.59. The molecule has 4 N–H and O–H groups in total. The number of nitrogens with two attached hydrogens (primary N) is 1. The lowest BCUT2D eigenvalue weighted by Gasteiger charge is -2.20. The van der Waals surface area contributed by atoms with Crippen LogP contribution in [0, 0.1) is 5.92 Å². The van der Waals surface area contributed by atoms with Crippen molar-refractivity contribution in [2.75, 3.05) is 11.1 Å². The smallest absolute Gasteiger partial charge is 0.330 e. The van der Waals surface area contributed by atoms with Crippen LogP contribution >= 0.6 is 0 Å². The molecule has 2 atom stereocenters. The van der Waals surface area contributed by atoms with E-state index in [2.05, 4.69) is 17.2 Å². The predicted molar refractivity (Wildman–Crippen MR) is 71.8 cm³/mol. The van der Waals surface area contributed by atoms with Crippen molar-refractivity contribution in [1.29, 1.82) is 0 Å². The second-order valence-corrected chi connectivity index (χ2v) is 4.92. The van der Waals surface area contributed by atoms with E-state index in [4.69, 9.17) is 5.73 Å². The number of rotatable bonds is 3. The van der Waals surface area contributed by atoms with Crippen molar-refractivity contribution < 1.29 is 0 Å². The number of aromatic nitrogens is 2. The third-order valence-electron chi connectivity index (χ3n) is 3.75. The first-order chi connectivity index (χ1) is 8.54. The van der Waals surface area contributed by atoms with E-state index in [9.17, 15) is 9.59 Å². The fourth-order valence-corrected chi connectivity index (χ4v) is 2.59. The molecular formula is C12H20N4O2. The van der Waals surface area contributed by atoms with Crippen LogP contribution in [0.1, 0.15) is 33.1 Å². The first kappa shape index (κ1) is 12.7. The third kappa shape index (κ3) is 2.14. The van der Waals surface area contributed by atoms with Crippen molar-refractivity contribution in [1.82, 2.24) is 9.55 Å². The van der Waals surface area contributed by atoms with E-state index in [1.807, 2.05) is 6.92 Å². The van der Waals surface area contributed by atoms with Crippen LogP contribution in [0.5, 0.6) is 0 Å². The minimum atomic E-state index is -0.454. The van der Waals surface area contributed by atoms with Gasteiger partial charge < -0.3 is 11.1 Å². The Labute approximate surface area is 105 Å². The Morgan fingerprint density at radius 3 is 2.72 bits per heavy atom. The summed E-state index contributed by atoms with van der Waals surface area (Å²) in [6.07, 6.45) is 3.35. The van der Waals surface area contributed by atoms with Gasteiger partial charge in [0.2, 0.25) is 0 Å². The third-order valence-corrected chi connectivity index (χ3v) is 3.75. The summed E-state index contributed by atoms with van der Waals surface area (Å²) >= 11 is 0. The Kier molecular flexibility index (Phi) is 3.45. The van der Waals surface area contributed by atoms with Gasteiger partial charge in [-0.2, -0.15) is 0 Å². The van der Waals surface area contributed by atoms with Crippen LogP contribution in [0.4, 0.5) is 11.5 Å². The summed E-state index contributed by atoms with van der Waals surface area (Å²) in [6, 6.07) is 0.260. The number of anilines is 2. The summed E-state index contributed by atoms with van der Waals surface area (Å²) < 4.78 is 1.36. The molecule has 1 fully saturated rings. The molecule has 18 heavy (non-hydrogen) atoms. The molecule has 0 aliphatic heterocycles. The summed E-state index contributed by atoms with van der Waals surface area (Å²) in [5.41, 5.74) is 5.35. The van der Waals surface area contributed by atoms with Gasteiger partial charge in [-0.1, -0.05) is 13.3 Å². The molecule has 0 spiro atoms. The van der Waals surface area contributed by atoms with Gasteiger partial charge in [0.15, 0.2) is 0 Å². The van der Waals surface area contributed by atoms with Gasteiger partial charge in [-0.05, 0) is 25.7 Å². The van der Waals surface area contributed by atoms with E-state index in [0.29, 0.717) is 18.2 Å². The lowest BCUT2D eigenvalue weighted by atomic mass is 10.1. The molecule has 6 heteroatoms. The molecule has 6 nitrogen and oxygen atoms in total. The molecule has 1 aromatic rings. The van der Waals surface area contributed by atoms with Crippen molar-refractivity contribution in [3.63, 3.8) is 0 Å². The average molecular weight is 252 g/mol. The molecule has 2 rings (SSSR count). The molecular weight excluding hydrogens is 232 g/mol. The summed E-state index contributed by atoms with van der Waals surface area (Å²) in [6.45, 7) is 4.42. The molecule has 0 amide bonds. The van der Waals surface area contributed by atoms with Crippen molar-refractivity contribution in [2.24, 2.45) is 5.92 Å². The second kappa shape index (κ2) is 4.88. The Bertz CT molecular complexity index is 546. The van der Waals surface area contributed by atoms with Crippen molar-refractivity contribution in [3.05, 3.63) is 20.8 Å². The molecule has 100 valence electrons. The number of hydrogen-bond donors (Lipinski definition) is 3. The Morgan fingerprint density at radius 2 is 2.17 bits per heavy atom. The highest BCUT2D eigenvalue weighted by molar-refractivity contribution is 5.61. The van der Waals surface area contributed by atoms with E-state index in [1.165, 1.54) is 4.57 Å². The molecule has 0 radical (unpaired) electrons. The molecule has 0 bridgehead atoms. The Balaban J connectivity index is 2.38. The standard InChI is InChI=1S/C12H20N4O2/c1-3-16-10(13)9(11(17)15-12(16)18)14-8-6-4-5-7(8)2/h7-8,14H,3-6,13H2,1-2H3,(H,15,17,18). The molecule has 1 aliphatic carbocycles. The van der Waals surface area contributed by atoms with E-state index in [-0.39, 0.29) is 11.9 Å². The summed E-state index contributed by atoms with van der Waals surface area (Å²) in [5.74, 6) is 0.746. The van der Waals surface area contributed by atoms with Crippen LogP contribution < -0.4 is 22.3 Å². The summed E-state index contributed by atoms with van der Waals surface area (Å²) in [5, 5.41) is 3.20. The summed E-state index contributed by atoms with van der Waals surface area (Å²) in [4.78, 5) is 25.7. The fraction of sp³-hybridized carbons (Fsp3) is 0.667. The van der Waals surface area contributed by atoms with E-state index < -0.39 is 11.2 Å². The van der Waals surface area contributed by atoms with Crippen LogP contribution in [0.25, 0.3) is 0 Å². The number of nitrogens with zero attached hydrogens (tertiary/aromatic N) is 1. The van der Waals surface area contributed by atoms with Crippen LogP contribution in [0.15, 0.2) is 9.59 Å². The molecule has 0 aromatic carbocycles. The van der Waals surface area contributed by atoms with Crippen molar-refractivity contribution in [3.8, 4) is 0 Å². The number of nitrogens with one attached hydrogen (secondary N) is 2. The van der Waals surface area contributed by atoms with Crippen LogP contribution in [-0.2, 0) is 6.54 Å². The molecule has 1 aliphatic rings. The van der Waals surface area contributed by atoms with Crippen LogP contribution in [-0.4, -0.2) is 15.6 Å². The quantitative estimate of drug-likeness (QED) is 0.739. The maximum Gasteiger partial charge on any atom is 0.330 e. The normalized spacial score (nSPS) is 23.2. The van der Waals surface area contributed by atoms with Crippen molar-refractivity contribution in [2.45, 2.75) is 45.7 Å². The highest BCUT2D eigenvalue weighted by Crippen LogP contribution is 2.28. The maximum atomic E-state index is 11.8. The number of nitrogen functional groups attached to an aromatic ring is 1. The maximum absolute atomic E-state index is 11.8. The second-order valence-electron chi connectivity index (χ2n) is 4.92. The van der Waals surface area contributed by atoms with Crippen LogP contribution in [0.3, 0.4) is 0 Å². The zero-order valence-corrected chi connectivity index (χ0v) is 10.8. The largest absolute Gasteiger partial charge is 0.383 e. The van der Waals surface area contributed by atoms with Gasteiger partial charge in [0.05, 0.1) is 0 Å². The molecule has 0 saturated heterocycles.